The van der Waals surface area contributed by atoms with E-state index in [-0.39, 0.29) is 17.2 Å². The van der Waals surface area contributed by atoms with E-state index in [9.17, 15) is 13.2 Å². The summed E-state index contributed by atoms with van der Waals surface area (Å²) in [4.78, 5) is 12.5. The second-order valence-electron chi connectivity index (χ2n) is 6.66. The number of anilines is 2. The zero-order chi connectivity index (χ0) is 21.0. The molecule has 0 atom stereocenters. The van der Waals surface area contributed by atoms with Crippen LogP contribution in [0.5, 0.6) is 0 Å². The number of nitrogens with one attached hydrogen (secondary N) is 1. The first-order valence-corrected chi connectivity index (χ1v) is 10.8. The van der Waals surface area contributed by atoms with Gasteiger partial charge < -0.3 is 5.32 Å². The fourth-order valence-electron chi connectivity index (χ4n) is 2.77. The third kappa shape index (κ3) is 4.96. The number of sulfonamides is 1. The standard InChI is InChI=1S/C22H21ClN2O3S/c1-16-7-13-19(14-8-16)29(27,28)25(2)18-11-9-17(10-12-18)15-22(26)24-21-6-4-3-5-20(21)23/h3-14H,15H2,1-2H3,(H,24,26). The van der Waals surface area contributed by atoms with Gasteiger partial charge in [-0.15, -0.1) is 0 Å². The average Bonchev–Trinajstić information content (AvgIpc) is 2.70. The van der Waals surface area contributed by atoms with Crippen LogP contribution in [0.15, 0.2) is 77.7 Å². The van der Waals surface area contributed by atoms with Gasteiger partial charge in [-0.2, -0.15) is 0 Å². The maximum atomic E-state index is 12.8. The van der Waals surface area contributed by atoms with Gasteiger partial charge in [0.15, 0.2) is 0 Å². The maximum Gasteiger partial charge on any atom is 0.264 e. The number of hydrogen-bond acceptors (Lipinski definition) is 3. The lowest BCUT2D eigenvalue weighted by Gasteiger charge is -2.20. The van der Waals surface area contributed by atoms with Crippen molar-refractivity contribution in [2.45, 2.75) is 18.2 Å². The summed E-state index contributed by atoms with van der Waals surface area (Å²) < 4.78 is 26.8. The Morgan fingerprint density at radius 2 is 1.59 bits per heavy atom. The van der Waals surface area contributed by atoms with Crippen LogP contribution in [0.2, 0.25) is 5.02 Å². The number of nitrogens with zero attached hydrogens (tertiary/aromatic N) is 1. The van der Waals surface area contributed by atoms with Crippen molar-refractivity contribution in [3.05, 3.63) is 88.9 Å². The Morgan fingerprint density at radius 3 is 2.21 bits per heavy atom. The van der Waals surface area contributed by atoms with Crippen molar-refractivity contribution in [3.63, 3.8) is 0 Å². The van der Waals surface area contributed by atoms with Gasteiger partial charge in [-0.25, -0.2) is 8.42 Å². The molecule has 0 spiro atoms. The molecular weight excluding hydrogens is 408 g/mol. The molecular formula is C22H21ClN2O3S. The fraction of sp³-hybridized carbons (Fsp3) is 0.136. The van der Waals surface area contributed by atoms with Crippen molar-refractivity contribution in [1.29, 1.82) is 0 Å². The van der Waals surface area contributed by atoms with Crippen LogP contribution in [0.25, 0.3) is 0 Å². The van der Waals surface area contributed by atoms with Crippen LogP contribution in [0.3, 0.4) is 0 Å². The molecule has 0 fully saturated rings. The van der Waals surface area contributed by atoms with Crippen molar-refractivity contribution >= 4 is 38.9 Å². The molecule has 0 unspecified atom stereocenters. The van der Waals surface area contributed by atoms with Crippen molar-refractivity contribution in [2.24, 2.45) is 0 Å². The summed E-state index contributed by atoms with van der Waals surface area (Å²) in [6, 6.07) is 20.6. The molecule has 5 nitrogen and oxygen atoms in total. The Bertz CT molecular complexity index is 1110. The summed E-state index contributed by atoms with van der Waals surface area (Å²) in [7, 11) is -2.14. The van der Waals surface area contributed by atoms with Gasteiger partial charge >= 0.3 is 0 Å². The lowest BCUT2D eigenvalue weighted by molar-refractivity contribution is -0.115. The molecule has 0 aliphatic carbocycles. The Labute approximate surface area is 176 Å². The lowest BCUT2D eigenvalue weighted by Crippen LogP contribution is -2.26. The van der Waals surface area contributed by atoms with Crippen LogP contribution < -0.4 is 9.62 Å². The van der Waals surface area contributed by atoms with Gasteiger partial charge in [0, 0.05) is 7.05 Å². The zero-order valence-corrected chi connectivity index (χ0v) is 17.7. The summed E-state index contributed by atoms with van der Waals surface area (Å²) in [6.07, 6.45) is 0.153. The van der Waals surface area contributed by atoms with Crippen molar-refractivity contribution in [1.82, 2.24) is 0 Å². The summed E-state index contributed by atoms with van der Waals surface area (Å²) in [6.45, 7) is 1.90. The van der Waals surface area contributed by atoms with Crippen LogP contribution in [-0.4, -0.2) is 21.4 Å². The summed E-state index contributed by atoms with van der Waals surface area (Å²) in [5.41, 5.74) is 2.83. The van der Waals surface area contributed by atoms with Gasteiger partial charge in [0.1, 0.15) is 0 Å². The van der Waals surface area contributed by atoms with Gasteiger partial charge in [0.2, 0.25) is 5.91 Å². The quantitative estimate of drug-likeness (QED) is 0.621. The first-order chi connectivity index (χ1) is 13.8. The van der Waals surface area contributed by atoms with Crippen molar-refractivity contribution in [3.8, 4) is 0 Å². The summed E-state index contributed by atoms with van der Waals surface area (Å²) >= 11 is 6.05. The van der Waals surface area contributed by atoms with E-state index in [2.05, 4.69) is 5.32 Å². The van der Waals surface area contributed by atoms with Crippen LogP contribution in [0, 0.1) is 6.92 Å². The molecule has 0 aromatic heterocycles. The molecule has 3 rings (SSSR count). The molecule has 7 heteroatoms. The normalized spacial score (nSPS) is 11.1. The second kappa shape index (κ2) is 8.68. The van der Waals surface area contributed by atoms with E-state index in [0.717, 1.165) is 11.1 Å². The second-order valence-corrected chi connectivity index (χ2v) is 9.03. The number of para-hydroxylation sites is 1. The maximum absolute atomic E-state index is 12.8. The van der Waals surface area contributed by atoms with E-state index in [1.807, 2.05) is 6.92 Å². The Morgan fingerprint density at radius 1 is 0.966 bits per heavy atom. The van der Waals surface area contributed by atoms with Gasteiger partial charge in [-0.05, 0) is 48.9 Å². The molecule has 0 aliphatic heterocycles. The highest BCUT2D eigenvalue weighted by molar-refractivity contribution is 7.92. The molecule has 0 radical (unpaired) electrons. The monoisotopic (exact) mass is 428 g/mol. The number of benzene rings is 3. The van der Waals surface area contributed by atoms with E-state index in [4.69, 9.17) is 11.6 Å². The number of hydrogen-bond donors (Lipinski definition) is 1. The van der Waals surface area contributed by atoms with E-state index in [1.54, 1.807) is 72.8 Å². The highest BCUT2D eigenvalue weighted by Crippen LogP contribution is 2.24. The summed E-state index contributed by atoms with van der Waals surface area (Å²) in [5.74, 6) is -0.202. The molecule has 0 saturated carbocycles. The van der Waals surface area contributed by atoms with Gasteiger partial charge in [-0.3, -0.25) is 9.10 Å². The number of amides is 1. The van der Waals surface area contributed by atoms with Crippen LogP contribution in [0.4, 0.5) is 11.4 Å². The minimum atomic E-state index is -3.65. The SMILES string of the molecule is Cc1ccc(S(=O)(=O)N(C)c2ccc(CC(=O)Nc3ccccc3Cl)cc2)cc1. The van der Waals surface area contributed by atoms with Crippen LogP contribution in [0.1, 0.15) is 11.1 Å². The van der Waals surface area contributed by atoms with Crippen molar-refractivity contribution < 1.29 is 13.2 Å². The smallest absolute Gasteiger partial charge is 0.264 e. The van der Waals surface area contributed by atoms with E-state index >= 15 is 0 Å². The number of carbonyl (C=O) groups excluding carboxylic acids is 1. The number of aryl methyl sites for hydroxylation is 1. The molecule has 1 N–H and O–H groups in total. The summed E-state index contributed by atoms with van der Waals surface area (Å²) in [5, 5.41) is 3.24. The lowest BCUT2D eigenvalue weighted by atomic mass is 10.1. The topological polar surface area (TPSA) is 66.5 Å². The molecule has 0 saturated heterocycles. The molecule has 3 aromatic carbocycles. The first-order valence-electron chi connectivity index (χ1n) is 8.96. The molecule has 3 aromatic rings. The average molecular weight is 429 g/mol. The molecule has 0 aliphatic rings. The van der Waals surface area contributed by atoms with E-state index < -0.39 is 10.0 Å². The molecule has 150 valence electrons. The Kier molecular flexibility index (Phi) is 6.25. The number of rotatable bonds is 6. The largest absolute Gasteiger partial charge is 0.324 e. The van der Waals surface area contributed by atoms with Gasteiger partial charge in [0.25, 0.3) is 10.0 Å². The minimum absolute atomic E-state index is 0.153. The highest BCUT2D eigenvalue weighted by atomic mass is 35.5. The third-order valence-corrected chi connectivity index (χ3v) is 6.62. The van der Waals surface area contributed by atoms with E-state index in [0.29, 0.717) is 16.4 Å². The number of halogens is 1. The number of carbonyl (C=O) groups is 1. The zero-order valence-electron chi connectivity index (χ0n) is 16.1. The third-order valence-electron chi connectivity index (χ3n) is 4.49. The van der Waals surface area contributed by atoms with E-state index in [1.165, 1.54) is 11.4 Å². The first kappa shape index (κ1) is 20.9. The molecule has 0 heterocycles. The molecule has 0 bridgehead atoms. The molecule has 1 amide bonds. The molecule has 29 heavy (non-hydrogen) atoms. The Hall–Kier alpha value is -2.83. The highest BCUT2D eigenvalue weighted by Gasteiger charge is 2.21. The van der Waals surface area contributed by atoms with Gasteiger partial charge in [-0.1, -0.05) is 53.6 Å². The predicted molar refractivity (Wildman–Crippen MR) is 117 cm³/mol. The van der Waals surface area contributed by atoms with Crippen LogP contribution in [-0.2, 0) is 21.2 Å². The van der Waals surface area contributed by atoms with Crippen molar-refractivity contribution in [2.75, 3.05) is 16.7 Å². The minimum Gasteiger partial charge on any atom is -0.324 e. The van der Waals surface area contributed by atoms with Gasteiger partial charge in [0.05, 0.1) is 27.7 Å². The Balaban J connectivity index is 1.70. The predicted octanol–water partition coefficient (Wildman–Crippen LogP) is 4.65. The fourth-order valence-corrected chi connectivity index (χ4v) is 4.15. The van der Waals surface area contributed by atoms with Crippen LogP contribution >= 0.6 is 11.6 Å².